The molecule has 0 amide bonds. The Hall–Kier alpha value is -1.02. The minimum atomic E-state index is -0.391. The second-order valence-corrected chi connectivity index (χ2v) is 5.89. The van der Waals surface area contributed by atoms with Crippen molar-refractivity contribution in [1.82, 2.24) is 0 Å². The summed E-state index contributed by atoms with van der Waals surface area (Å²) in [5.74, 6) is 1.54. The number of rotatable bonds is 4. The smallest absolute Gasteiger partial charge is 0.127 e. The average Bonchev–Trinajstić information content (AvgIpc) is 2.42. The minimum Gasteiger partial charge on any atom is -0.496 e. The molecule has 2 rings (SSSR count). The zero-order valence-electron chi connectivity index (χ0n) is 12.4. The lowest BCUT2D eigenvalue weighted by molar-refractivity contribution is 0.128. The fourth-order valence-corrected chi connectivity index (χ4v) is 3.21. The largest absolute Gasteiger partial charge is 0.496 e. The Bertz CT molecular complexity index is 420. The summed E-state index contributed by atoms with van der Waals surface area (Å²) >= 11 is 0. The van der Waals surface area contributed by atoms with Crippen molar-refractivity contribution in [3.05, 3.63) is 28.8 Å². The highest BCUT2D eigenvalue weighted by Gasteiger charge is 2.21. The first-order chi connectivity index (χ1) is 9.13. The maximum absolute atomic E-state index is 10.5. The van der Waals surface area contributed by atoms with Crippen molar-refractivity contribution >= 4 is 0 Å². The van der Waals surface area contributed by atoms with E-state index >= 15 is 0 Å². The molecule has 1 N–H and O–H groups in total. The molecule has 1 aliphatic rings. The van der Waals surface area contributed by atoms with Crippen molar-refractivity contribution in [1.29, 1.82) is 0 Å². The van der Waals surface area contributed by atoms with Crippen LogP contribution in [0, 0.1) is 19.8 Å². The van der Waals surface area contributed by atoms with Crippen LogP contribution < -0.4 is 4.74 Å². The molecule has 2 nitrogen and oxygen atoms in total. The highest BCUT2D eigenvalue weighted by Crippen LogP contribution is 2.36. The van der Waals surface area contributed by atoms with Gasteiger partial charge in [-0.3, -0.25) is 0 Å². The van der Waals surface area contributed by atoms with Crippen molar-refractivity contribution in [2.75, 3.05) is 7.11 Å². The molecule has 1 aromatic carbocycles. The van der Waals surface area contributed by atoms with Gasteiger partial charge in [-0.1, -0.05) is 44.2 Å². The van der Waals surface area contributed by atoms with Crippen LogP contribution in [0.15, 0.2) is 12.1 Å². The van der Waals surface area contributed by atoms with Crippen LogP contribution >= 0.6 is 0 Å². The first kappa shape index (κ1) is 14.4. The molecule has 0 aromatic heterocycles. The fraction of sp³-hybridized carbons (Fsp3) is 0.647. The van der Waals surface area contributed by atoms with E-state index < -0.39 is 6.10 Å². The van der Waals surface area contributed by atoms with Crippen LogP contribution in [0.3, 0.4) is 0 Å². The van der Waals surface area contributed by atoms with E-state index in [2.05, 4.69) is 19.9 Å². The van der Waals surface area contributed by atoms with Gasteiger partial charge in [-0.2, -0.15) is 0 Å². The average molecular weight is 262 g/mol. The Morgan fingerprint density at radius 2 is 1.89 bits per heavy atom. The molecule has 2 heteroatoms. The predicted octanol–water partition coefficient (Wildman–Crippen LogP) is 4.32. The quantitative estimate of drug-likeness (QED) is 0.876. The van der Waals surface area contributed by atoms with E-state index in [1.54, 1.807) is 7.11 Å². The molecule has 0 aliphatic heterocycles. The molecule has 0 radical (unpaired) electrons. The summed E-state index contributed by atoms with van der Waals surface area (Å²) in [4.78, 5) is 0. The molecule has 0 saturated heterocycles. The Kier molecular flexibility index (Phi) is 4.87. The van der Waals surface area contributed by atoms with Gasteiger partial charge in [-0.25, -0.2) is 0 Å². The van der Waals surface area contributed by atoms with Gasteiger partial charge in [0, 0.05) is 5.56 Å². The minimum absolute atomic E-state index is 0.391. The molecule has 0 bridgehead atoms. The third-order valence-electron chi connectivity index (χ3n) is 4.55. The summed E-state index contributed by atoms with van der Waals surface area (Å²) in [5, 5.41) is 10.5. The number of methoxy groups -OCH3 is 1. The van der Waals surface area contributed by atoms with Gasteiger partial charge in [0.05, 0.1) is 13.2 Å². The van der Waals surface area contributed by atoms with Crippen molar-refractivity contribution in [2.24, 2.45) is 5.92 Å². The molecule has 1 atom stereocenters. The van der Waals surface area contributed by atoms with Crippen molar-refractivity contribution in [3.63, 3.8) is 0 Å². The second-order valence-electron chi connectivity index (χ2n) is 5.89. The Morgan fingerprint density at radius 3 is 2.53 bits per heavy atom. The zero-order chi connectivity index (χ0) is 13.8. The maximum Gasteiger partial charge on any atom is 0.127 e. The Morgan fingerprint density at radius 1 is 1.21 bits per heavy atom. The highest BCUT2D eigenvalue weighted by atomic mass is 16.5. The SMILES string of the molecule is COc1c(C(O)CC2CCCCC2)ccc(C)c1C. The number of aliphatic hydroxyl groups is 1. The van der Waals surface area contributed by atoms with Gasteiger partial charge < -0.3 is 9.84 Å². The van der Waals surface area contributed by atoms with Gasteiger partial charge in [0.15, 0.2) is 0 Å². The zero-order valence-corrected chi connectivity index (χ0v) is 12.4. The van der Waals surface area contributed by atoms with E-state index in [0.29, 0.717) is 5.92 Å². The summed E-state index contributed by atoms with van der Waals surface area (Å²) < 4.78 is 5.51. The van der Waals surface area contributed by atoms with E-state index in [1.165, 1.54) is 37.7 Å². The second kappa shape index (κ2) is 6.42. The van der Waals surface area contributed by atoms with Crippen LogP contribution in [-0.2, 0) is 0 Å². The van der Waals surface area contributed by atoms with Crippen LogP contribution in [0.25, 0.3) is 0 Å². The predicted molar refractivity (Wildman–Crippen MR) is 78.6 cm³/mol. The van der Waals surface area contributed by atoms with Gasteiger partial charge in [-0.05, 0) is 37.3 Å². The lowest BCUT2D eigenvalue weighted by atomic mass is 9.84. The number of ether oxygens (including phenoxy) is 1. The molecule has 106 valence electrons. The Labute approximate surface area is 116 Å². The number of benzene rings is 1. The normalized spacial score (nSPS) is 18.3. The lowest BCUT2D eigenvalue weighted by Gasteiger charge is -2.25. The Balaban J connectivity index is 2.13. The summed E-state index contributed by atoms with van der Waals surface area (Å²) in [5.41, 5.74) is 3.31. The van der Waals surface area contributed by atoms with Gasteiger partial charge in [0.25, 0.3) is 0 Å². The molecule has 0 spiro atoms. The van der Waals surface area contributed by atoms with Crippen molar-refractivity contribution in [3.8, 4) is 5.75 Å². The van der Waals surface area contributed by atoms with Crippen LogP contribution in [0.4, 0.5) is 0 Å². The molecule has 1 unspecified atom stereocenters. The molecule has 19 heavy (non-hydrogen) atoms. The van der Waals surface area contributed by atoms with Crippen LogP contribution in [0.1, 0.15) is 61.3 Å². The molecule has 0 heterocycles. The van der Waals surface area contributed by atoms with E-state index in [9.17, 15) is 5.11 Å². The van der Waals surface area contributed by atoms with Gasteiger partial charge >= 0.3 is 0 Å². The topological polar surface area (TPSA) is 29.5 Å². The molecular weight excluding hydrogens is 236 g/mol. The van der Waals surface area contributed by atoms with Crippen LogP contribution in [0.5, 0.6) is 5.75 Å². The molecule has 1 aromatic rings. The monoisotopic (exact) mass is 262 g/mol. The third kappa shape index (κ3) is 3.30. The van der Waals surface area contributed by atoms with Crippen LogP contribution in [-0.4, -0.2) is 12.2 Å². The molecule has 1 fully saturated rings. The highest BCUT2D eigenvalue weighted by molar-refractivity contribution is 5.46. The first-order valence-corrected chi connectivity index (χ1v) is 7.45. The van der Waals surface area contributed by atoms with E-state index in [-0.39, 0.29) is 0 Å². The molecule has 1 saturated carbocycles. The van der Waals surface area contributed by atoms with E-state index in [0.717, 1.165) is 23.3 Å². The molecule has 1 aliphatic carbocycles. The summed E-state index contributed by atoms with van der Waals surface area (Å²) in [6.07, 6.45) is 7.02. The maximum atomic E-state index is 10.5. The summed E-state index contributed by atoms with van der Waals surface area (Å²) in [6, 6.07) is 4.10. The number of hydrogen-bond acceptors (Lipinski definition) is 2. The standard InChI is InChI=1S/C17H26O2/c1-12-9-10-15(17(19-3)13(12)2)16(18)11-14-7-5-4-6-8-14/h9-10,14,16,18H,4-8,11H2,1-3H3. The third-order valence-corrected chi connectivity index (χ3v) is 4.55. The summed E-state index contributed by atoms with van der Waals surface area (Å²) in [7, 11) is 1.69. The lowest BCUT2D eigenvalue weighted by Crippen LogP contribution is -2.12. The first-order valence-electron chi connectivity index (χ1n) is 7.45. The molecular formula is C17H26O2. The van der Waals surface area contributed by atoms with E-state index in [4.69, 9.17) is 4.74 Å². The van der Waals surface area contributed by atoms with Gasteiger partial charge in [0.2, 0.25) is 0 Å². The van der Waals surface area contributed by atoms with Gasteiger partial charge in [-0.15, -0.1) is 0 Å². The van der Waals surface area contributed by atoms with Crippen molar-refractivity contribution in [2.45, 2.75) is 58.5 Å². The fourth-order valence-electron chi connectivity index (χ4n) is 3.21. The number of hydrogen-bond donors (Lipinski definition) is 1. The van der Waals surface area contributed by atoms with Gasteiger partial charge in [0.1, 0.15) is 5.75 Å². The number of aliphatic hydroxyl groups excluding tert-OH is 1. The van der Waals surface area contributed by atoms with Crippen molar-refractivity contribution < 1.29 is 9.84 Å². The van der Waals surface area contributed by atoms with Crippen LogP contribution in [0.2, 0.25) is 0 Å². The number of aryl methyl sites for hydroxylation is 1. The van der Waals surface area contributed by atoms with E-state index in [1.807, 2.05) is 6.07 Å². The summed E-state index contributed by atoms with van der Waals surface area (Å²) in [6.45, 7) is 4.14.